The Morgan fingerprint density at radius 1 is 0.971 bits per heavy atom. The van der Waals surface area contributed by atoms with Crippen molar-refractivity contribution in [2.75, 3.05) is 16.6 Å². The fourth-order valence-corrected chi connectivity index (χ4v) is 4.65. The Hall–Kier alpha value is -4.04. The average Bonchev–Trinajstić information content (AvgIpc) is 3.36. The second-order valence-electron chi connectivity index (χ2n) is 8.44. The van der Waals surface area contributed by atoms with Gasteiger partial charge < -0.3 is 4.74 Å². The van der Waals surface area contributed by atoms with Gasteiger partial charge in [0, 0.05) is 0 Å². The fraction of sp³-hybridized carbons (Fsp3) is 0.222. The van der Waals surface area contributed by atoms with Crippen LogP contribution in [0, 0.1) is 18.7 Å². The molecule has 8 heteroatoms. The Balaban J connectivity index is 1.52. The number of nitrogens with zero attached hydrogens (tertiary/aromatic N) is 2. The molecule has 0 bridgehead atoms. The molecule has 0 radical (unpaired) electrons. The van der Waals surface area contributed by atoms with Crippen molar-refractivity contribution in [2.24, 2.45) is 5.92 Å². The van der Waals surface area contributed by atoms with Crippen LogP contribution in [0.3, 0.4) is 0 Å². The first-order valence-corrected chi connectivity index (χ1v) is 11.3. The minimum atomic E-state index is -1.04. The van der Waals surface area contributed by atoms with Crippen LogP contribution in [-0.2, 0) is 19.2 Å². The molecule has 0 aliphatic carbocycles. The minimum absolute atomic E-state index is 0.243. The molecule has 3 atom stereocenters. The van der Waals surface area contributed by atoms with E-state index in [1.54, 1.807) is 24.1 Å². The Kier molecular flexibility index (Phi) is 5.82. The average molecular weight is 474 g/mol. The maximum Gasteiger partial charge on any atom is 0.338 e. The number of halogens is 1. The Labute approximate surface area is 201 Å². The number of esters is 1. The number of hydrogen-bond donors (Lipinski definition) is 0. The third-order valence-corrected chi connectivity index (χ3v) is 6.32. The summed E-state index contributed by atoms with van der Waals surface area (Å²) in [6.45, 7) is 3.87. The maximum absolute atomic E-state index is 13.7. The number of imide groups is 1. The molecular weight excluding hydrogens is 451 g/mol. The number of ether oxygens (including phenoxy) is 1. The van der Waals surface area contributed by atoms with Crippen LogP contribution >= 0.6 is 0 Å². The summed E-state index contributed by atoms with van der Waals surface area (Å²) in [6.07, 6.45) is -1.04. The van der Waals surface area contributed by atoms with E-state index in [0.29, 0.717) is 16.8 Å². The molecule has 0 spiro atoms. The van der Waals surface area contributed by atoms with Gasteiger partial charge in [0.1, 0.15) is 11.7 Å². The first kappa shape index (κ1) is 22.7. The van der Waals surface area contributed by atoms with Crippen molar-refractivity contribution in [1.29, 1.82) is 0 Å². The van der Waals surface area contributed by atoms with Gasteiger partial charge in [-0.3, -0.25) is 14.4 Å². The van der Waals surface area contributed by atoms with Gasteiger partial charge >= 0.3 is 5.97 Å². The van der Waals surface area contributed by atoms with Crippen molar-refractivity contribution >= 4 is 29.2 Å². The van der Waals surface area contributed by atoms with Crippen molar-refractivity contribution in [3.05, 3.63) is 95.3 Å². The number of fused-ring (bicyclic) bond motifs is 1. The van der Waals surface area contributed by atoms with Crippen LogP contribution < -0.4 is 9.96 Å². The normalized spacial score (nSPS) is 21.4. The van der Waals surface area contributed by atoms with Crippen molar-refractivity contribution in [3.8, 4) is 0 Å². The lowest BCUT2D eigenvalue weighted by Crippen LogP contribution is -2.37. The number of hydroxylamine groups is 1. The lowest BCUT2D eigenvalue weighted by Gasteiger charge is -2.29. The molecule has 178 valence electrons. The largest absolute Gasteiger partial charge is 0.462 e. The second-order valence-corrected chi connectivity index (χ2v) is 8.44. The van der Waals surface area contributed by atoms with E-state index in [4.69, 9.17) is 9.57 Å². The molecule has 0 N–H and O–H groups in total. The predicted octanol–water partition coefficient (Wildman–Crippen LogP) is 4.36. The number of amides is 2. The highest BCUT2D eigenvalue weighted by atomic mass is 19.1. The molecule has 5 rings (SSSR count). The van der Waals surface area contributed by atoms with Gasteiger partial charge in [-0.25, -0.2) is 19.1 Å². The summed E-state index contributed by atoms with van der Waals surface area (Å²) >= 11 is 0. The second kappa shape index (κ2) is 8.96. The quantitative estimate of drug-likeness (QED) is 0.404. The van der Waals surface area contributed by atoms with Gasteiger partial charge in [-0.2, -0.15) is 0 Å². The van der Waals surface area contributed by atoms with E-state index < -0.39 is 41.7 Å². The van der Waals surface area contributed by atoms with Gasteiger partial charge in [0.2, 0.25) is 5.91 Å². The number of para-hydroxylation sites is 1. The van der Waals surface area contributed by atoms with Crippen LogP contribution in [0.15, 0.2) is 72.8 Å². The van der Waals surface area contributed by atoms with E-state index in [2.05, 4.69) is 0 Å². The highest BCUT2D eigenvalue weighted by Gasteiger charge is 2.60. The predicted molar refractivity (Wildman–Crippen MR) is 126 cm³/mol. The maximum atomic E-state index is 13.7. The van der Waals surface area contributed by atoms with Crippen molar-refractivity contribution in [1.82, 2.24) is 0 Å². The molecule has 2 amide bonds. The number of carbonyl (C=O) groups is 3. The van der Waals surface area contributed by atoms with Gasteiger partial charge in [0.25, 0.3) is 5.91 Å². The van der Waals surface area contributed by atoms with Crippen LogP contribution in [-0.4, -0.2) is 30.5 Å². The lowest BCUT2D eigenvalue weighted by atomic mass is 9.90. The zero-order chi connectivity index (χ0) is 24.7. The third kappa shape index (κ3) is 3.85. The molecule has 0 saturated carbocycles. The van der Waals surface area contributed by atoms with Crippen molar-refractivity contribution < 1.29 is 28.3 Å². The van der Waals surface area contributed by atoms with Gasteiger partial charge in [-0.15, -0.1) is 0 Å². The topological polar surface area (TPSA) is 76.2 Å². The first-order chi connectivity index (χ1) is 16.9. The monoisotopic (exact) mass is 474 g/mol. The van der Waals surface area contributed by atoms with E-state index in [0.717, 1.165) is 16.2 Å². The van der Waals surface area contributed by atoms with Crippen LogP contribution in [0.2, 0.25) is 0 Å². The Morgan fingerprint density at radius 3 is 2.31 bits per heavy atom. The highest BCUT2D eigenvalue weighted by molar-refractivity contribution is 6.24. The van der Waals surface area contributed by atoms with Crippen molar-refractivity contribution in [3.63, 3.8) is 0 Å². The highest BCUT2D eigenvalue weighted by Crippen LogP contribution is 2.48. The van der Waals surface area contributed by atoms with Crippen LogP contribution in [0.4, 0.5) is 15.8 Å². The summed E-state index contributed by atoms with van der Waals surface area (Å²) in [4.78, 5) is 46.3. The number of benzene rings is 3. The molecule has 3 aromatic carbocycles. The summed E-state index contributed by atoms with van der Waals surface area (Å²) in [5.74, 6) is -2.63. The molecule has 0 unspecified atom stereocenters. The summed E-state index contributed by atoms with van der Waals surface area (Å²) in [7, 11) is 0. The summed E-state index contributed by atoms with van der Waals surface area (Å²) in [5.41, 5.74) is 2.95. The molecule has 2 heterocycles. The van der Waals surface area contributed by atoms with Gasteiger partial charge in [-0.1, -0.05) is 30.3 Å². The SMILES string of the molecule is CCOC(=O)c1ccc(N2C(=O)[C@@H]3[C@@H](c4ccc(F)cc4)N(c4ccccc4C)O[C@H]3C2=O)cc1. The Bertz CT molecular complexity index is 1290. The third-order valence-electron chi connectivity index (χ3n) is 6.32. The van der Waals surface area contributed by atoms with E-state index >= 15 is 0 Å². The fourth-order valence-electron chi connectivity index (χ4n) is 4.65. The summed E-state index contributed by atoms with van der Waals surface area (Å²) in [6, 6.07) is 18.8. The molecule has 35 heavy (non-hydrogen) atoms. The van der Waals surface area contributed by atoms with Crippen LogP contribution in [0.1, 0.15) is 34.5 Å². The zero-order valence-corrected chi connectivity index (χ0v) is 19.2. The van der Waals surface area contributed by atoms with Crippen molar-refractivity contribution in [2.45, 2.75) is 26.0 Å². The smallest absolute Gasteiger partial charge is 0.338 e. The standard InChI is InChI=1S/C27H23FN2O5/c1-3-34-27(33)18-10-14-20(15-11-18)29-25(31)22-23(17-8-12-19(28)13-9-17)30(35-24(22)26(29)32)21-7-5-4-6-16(21)2/h4-15,22-24H,3H2,1-2H3/t22-,23-,24-/m1/s1. The number of anilines is 2. The molecule has 2 aliphatic rings. The number of carbonyl (C=O) groups excluding carboxylic acids is 3. The van der Waals surface area contributed by atoms with E-state index in [9.17, 15) is 18.8 Å². The van der Waals surface area contributed by atoms with Crippen LogP contribution in [0.25, 0.3) is 0 Å². The van der Waals surface area contributed by atoms with E-state index in [-0.39, 0.29) is 6.61 Å². The van der Waals surface area contributed by atoms with Crippen LogP contribution in [0.5, 0.6) is 0 Å². The molecule has 7 nitrogen and oxygen atoms in total. The first-order valence-electron chi connectivity index (χ1n) is 11.3. The molecular formula is C27H23FN2O5. The lowest BCUT2D eigenvalue weighted by molar-refractivity contribution is -0.126. The summed E-state index contributed by atoms with van der Waals surface area (Å²) < 4.78 is 18.7. The molecule has 3 aromatic rings. The number of hydrogen-bond acceptors (Lipinski definition) is 6. The number of rotatable bonds is 5. The Morgan fingerprint density at radius 2 is 1.66 bits per heavy atom. The summed E-state index contributed by atoms with van der Waals surface area (Å²) in [5, 5.41) is 1.59. The van der Waals surface area contributed by atoms with E-state index in [1.165, 1.54) is 36.4 Å². The van der Waals surface area contributed by atoms with E-state index in [1.807, 2.05) is 31.2 Å². The van der Waals surface area contributed by atoms with Gasteiger partial charge in [0.05, 0.1) is 29.6 Å². The van der Waals surface area contributed by atoms with Gasteiger partial charge in [0.15, 0.2) is 6.10 Å². The molecule has 0 aromatic heterocycles. The number of aryl methyl sites for hydroxylation is 1. The minimum Gasteiger partial charge on any atom is -0.462 e. The molecule has 2 fully saturated rings. The zero-order valence-electron chi connectivity index (χ0n) is 19.2. The van der Waals surface area contributed by atoms with Gasteiger partial charge in [-0.05, 0) is 67.4 Å². The molecule has 2 aliphatic heterocycles. The molecule has 2 saturated heterocycles.